The lowest BCUT2D eigenvalue weighted by atomic mass is 10.1. The van der Waals surface area contributed by atoms with Crippen LogP contribution in [0.25, 0.3) is 10.9 Å². The minimum Gasteiger partial charge on any atom is -0.392 e. The van der Waals surface area contributed by atoms with Crippen LogP contribution >= 0.6 is 11.8 Å². The van der Waals surface area contributed by atoms with Gasteiger partial charge in [0.05, 0.1) is 18.7 Å². The molecular weight excluding hydrogens is 308 g/mol. The third-order valence-electron chi connectivity index (χ3n) is 4.66. The second kappa shape index (κ2) is 5.67. The highest BCUT2D eigenvalue weighted by atomic mass is 32.2. The van der Waals surface area contributed by atoms with Crippen molar-refractivity contribution in [3.05, 3.63) is 64.6 Å². The summed E-state index contributed by atoms with van der Waals surface area (Å²) in [5.41, 5.74) is 6.10. The summed E-state index contributed by atoms with van der Waals surface area (Å²) < 4.78 is 2.26. The molecule has 3 aromatic rings. The molecule has 0 saturated heterocycles. The third kappa shape index (κ3) is 2.11. The lowest BCUT2D eigenvalue weighted by Gasteiger charge is -2.17. The number of thioether (sulfide) groups is 1. The van der Waals surface area contributed by atoms with E-state index in [1.165, 1.54) is 5.56 Å². The van der Waals surface area contributed by atoms with Gasteiger partial charge in [0.1, 0.15) is 5.37 Å². The number of hydrogen-bond acceptors (Lipinski definition) is 4. The van der Waals surface area contributed by atoms with Crippen LogP contribution in [0.15, 0.2) is 36.5 Å². The van der Waals surface area contributed by atoms with Crippen LogP contribution < -0.4 is 0 Å². The predicted octanol–water partition coefficient (Wildman–Crippen LogP) is 3.12. The van der Waals surface area contributed by atoms with E-state index in [1.54, 1.807) is 0 Å². The Hall–Kier alpha value is -1.82. The lowest BCUT2D eigenvalue weighted by molar-refractivity contribution is 0.260. The molecule has 3 heterocycles. The predicted molar refractivity (Wildman–Crippen MR) is 92.2 cm³/mol. The van der Waals surface area contributed by atoms with E-state index in [4.69, 9.17) is 0 Å². The summed E-state index contributed by atoms with van der Waals surface area (Å²) in [5.74, 6) is 0.838. The number of aliphatic hydroxyl groups is 2. The molecule has 23 heavy (non-hydrogen) atoms. The fraction of sp³-hybridized carbons (Fsp3) is 0.278. The van der Waals surface area contributed by atoms with E-state index < -0.39 is 0 Å². The van der Waals surface area contributed by atoms with Gasteiger partial charge in [-0.2, -0.15) is 0 Å². The lowest BCUT2D eigenvalue weighted by Crippen LogP contribution is -2.07. The van der Waals surface area contributed by atoms with Crippen LogP contribution in [0.1, 0.15) is 33.5 Å². The summed E-state index contributed by atoms with van der Waals surface area (Å²) >= 11 is 1.84. The highest BCUT2D eigenvalue weighted by molar-refractivity contribution is 7.99. The van der Waals surface area contributed by atoms with Crippen LogP contribution in [0.2, 0.25) is 0 Å². The zero-order chi connectivity index (χ0) is 16.0. The van der Waals surface area contributed by atoms with Gasteiger partial charge >= 0.3 is 0 Å². The maximum Gasteiger partial charge on any atom is 0.107 e. The van der Waals surface area contributed by atoms with Crippen molar-refractivity contribution in [2.45, 2.75) is 31.3 Å². The van der Waals surface area contributed by atoms with Crippen LogP contribution in [-0.2, 0) is 19.0 Å². The molecule has 0 saturated carbocycles. The summed E-state index contributed by atoms with van der Waals surface area (Å²) in [6.07, 6.45) is 1.83. The van der Waals surface area contributed by atoms with Crippen molar-refractivity contribution in [3.63, 3.8) is 0 Å². The van der Waals surface area contributed by atoms with Gasteiger partial charge in [0.25, 0.3) is 0 Å². The number of para-hydroxylation sites is 1. The summed E-state index contributed by atoms with van der Waals surface area (Å²) in [6, 6.07) is 10.3. The number of aromatic nitrogens is 2. The van der Waals surface area contributed by atoms with Crippen LogP contribution in [0.3, 0.4) is 0 Å². The van der Waals surface area contributed by atoms with Crippen LogP contribution in [0.4, 0.5) is 0 Å². The Morgan fingerprint density at radius 1 is 1.17 bits per heavy atom. The zero-order valence-corrected chi connectivity index (χ0v) is 13.7. The first-order valence-electron chi connectivity index (χ1n) is 7.64. The molecule has 2 N–H and O–H groups in total. The average Bonchev–Trinajstić information content (AvgIpc) is 3.13. The molecule has 5 heteroatoms. The van der Waals surface area contributed by atoms with Gasteiger partial charge in [0.2, 0.25) is 0 Å². The van der Waals surface area contributed by atoms with E-state index in [0.29, 0.717) is 0 Å². The number of aliphatic hydroxyl groups excluding tert-OH is 2. The molecule has 0 spiro atoms. The van der Waals surface area contributed by atoms with Crippen LogP contribution in [0.5, 0.6) is 0 Å². The normalized spacial score (nSPS) is 16.9. The first-order chi connectivity index (χ1) is 11.3. The highest BCUT2D eigenvalue weighted by Crippen LogP contribution is 2.46. The van der Waals surface area contributed by atoms with E-state index in [9.17, 15) is 10.2 Å². The maximum absolute atomic E-state index is 9.71. The smallest absolute Gasteiger partial charge is 0.107 e. The summed E-state index contributed by atoms with van der Waals surface area (Å²) in [7, 11) is 0. The zero-order valence-electron chi connectivity index (χ0n) is 12.9. The molecule has 0 radical (unpaired) electrons. The van der Waals surface area contributed by atoms with Gasteiger partial charge in [0.15, 0.2) is 0 Å². The van der Waals surface area contributed by atoms with Crippen molar-refractivity contribution >= 4 is 22.7 Å². The Labute approximate surface area is 138 Å². The minimum atomic E-state index is -0.0348. The number of benzene rings is 1. The average molecular weight is 326 g/mol. The van der Waals surface area contributed by atoms with Crippen molar-refractivity contribution in [2.24, 2.45) is 0 Å². The van der Waals surface area contributed by atoms with Gasteiger partial charge in [0, 0.05) is 45.4 Å². The Morgan fingerprint density at radius 3 is 2.74 bits per heavy atom. The Kier molecular flexibility index (Phi) is 3.64. The van der Waals surface area contributed by atoms with Crippen molar-refractivity contribution in [2.75, 3.05) is 0 Å². The second-order valence-corrected chi connectivity index (χ2v) is 6.83. The summed E-state index contributed by atoms with van der Waals surface area (Å²) in [4.78, 5) is 4.57. The molecule has 0 aliphatic carbocycles. The second-order valence-electron chi connectivity index (χ2n) is 5.76. The first kappa shape index (κ1) is 14.8. The number of nitrogens with zero attached hydrogens (tertiary/aromatic N) is 2. The monoisotopic (exact) mass is 326 g/mol. The van der Waals surface area contributed by atoms with Gasteiger partial charge < -0.3 is 14.8 Å². The topological polar surface area (TPSA) is 58.3 Å². The number of fused-ring (bicyclic) bond motifs is 2. The van der Waals surface area contributed by atoms with Crippen molar-refractivity contribution in [1.82, 2.24) is 9.55 Å². The van der Waals surface area contributed by atoms with Gasteiger partial charge in [-0.3, -0.25) is 4.98 Å². The van der Waals surface area contributed by atoms with E-state index in [0.717, 1.165) is 39.2 Å². The molecular formula is C18H18N2O2S. The van der Waals surface area contributed by atoms with Gasteiger partial charge in [-0.05, 0) is 13.0 Å². The maximum atomic E-state index is 9.71. The van der Waals surface area contributed by atoms with Crippen LogP contribution in [0, 0.1) is 6.92 Å². The molecule has 1 aromatic carbocycles. The highest BCUT2D eigenvalue weighted by Gasteiger charge is 2.32. The molecule has 0 fully saturated rings. The molecule has 0 bridgehead atoms. The number of rotatable bonds is 3. The largest absolute Gasteiger partial charge is 0.392 e. The van der Waals surface area contributed by atoms with Crippen LogP contribution in [-0.4, -0.2) is 19.8 Å². The Balaban J connectivity index is 1.93. The molecule has 0 amide bonds. The number of hydrogen-bond donors (Lipinski definition) is 2. The molecule has 1 aliphatic rings. The van der Waals surface area contributed by atoms with E-state index >= 15 is 0 Å². The van der Waals surface area contributed by atoms with Gasteiger partial charge in [-0.15, -0.1) is 11.8 Å². The van der Waals surface area contributed by atoms with Gasteiger partial charge in [-0.1, -0.05) is 24.3 Å². The molecule has 1 atom stereocenters. The summed E-state index contributed by atoms with van der Waals surface area (Å²) in [5, 5.41) is 20.6. The Bertz CT molecular complexity index is 883. The molecule has 4 rings (SSSR count). The molecule has 2 aromatic heterocycles. The Morgan fingerprint density at radius 2 is 1.96 bits per heavy atom. The quantitative estimate of drug-likeness (QED) is 0.776. The molecule has 118 valence electrons. The molecule has 1 aliphatic heterocycles. The van der Waals surface area contributed by atoms with E-state index in [1.807, 2.05) is 30.9 Å². The SMILES string of the molecule is Cc1c(CO)c(CO)c2n1[C@@H](c1cccc3cccnc13)SC2. The molecule has 4 nitrogen and oxygen atoms in total. The first-order valence-corrected chi connectivity index (χ1v) is 8.69. The van der Waals surface area contributed by atoms with E-state index in [-0.39, 0.29) is 18.6 Å². The number of pyridine rings is 1. The van der Waals surface area contributed by atoms with Gasteiger partial charge in [-0.25, -0.2) is 0 Å². The van der Waals surface area contributed by atoms with Crippen molar-refractivity contribution < 1.29 is 10.2 Å². The third-order valence-corrected chi connectivity index (χ3v) is 5.88. The van der Waals surface area contributed by atoms with E-state index in [2.05, 4.69) is 33.8 Å². The summed E-state index contributed by atoms with van der Waals surface area (Å²) in [6.45, 7) is 1.96. The van der Waals surface area contributed by atoms with Crippen molar-refractivity contribution in [3.8, 4) is 0 Å². The fourth-order valence-corrected chi connectivity index (χ4v) is 4.98. The minimum absolute atomic E-state index is 0.0276. The standard InChI is InChI=1S/C18H18N2O2S/c1-11-14(8-21)15(9-22)16-10-23-18(20(11)16)13-6-2-4-12-5-3-7-19-17(12)13/h2-7,18,21-22H,8-10H2,1H3/t18-/m1/s1. The van der Waals surface area contributed by atoms with Crippen molar-refractivity contribution in [1.29, 1.82) is 0 Å². The molecule has 0 unspecified atom stereocenters. The fourth-order valence-electron chi connectivity index (χ4n) is 3.54.